The topological polar surface area (TPSA) is 294 Å². The number of aliphatic hydroxyl groups excluding tert-OH is 1. The Morgan fingerprint density at radius 1 is 0.649 bits per heavy atom. The Morgan fingerprint density at radius 3 is 1.60 bits per heavy atom. The molecular formula is C35H60N8O14. The molecule has 0 saturated heterocycles. The summed E-state index contributed by atoms with van der Waals surface area (Å²) < 4.78 is 48.4. The number of amides is 5. The van der Waals surface area contributed by atoms with Crippen LogP contribution in [0.15, 0.2) is 29.4 Å². The van der Waals surface area contributed by atoms with Gasteiger partial charge in [0.05, 0.1) is 112 Å². The number of hydrogen-bond donors (Lipinski definition) is 6. The average Bonchev–Trinajstić information content (AvgIpc) is 3.20. The number of aliphatic hydroxyl groups is 1. The second-order valence-corrected chi connectivity index (χ2v) is 11.6. The van der Waals surface area contributed by atoms with Gasteiger partial charge in [-0.3, -0.25) is 14.4 Å². The van der Waals surface area contributed by atoms with E-state index in [-0.39, 0.29) is 39.3 Å². The highest BCUT2D eigenvalue weighted by Gasteiger charge is 2.21. The fourth-order valence-electron chi connectivity index (χ4n) is 4.29. The van der Waals surface area contributed by atoms with Crippen LogP contribution < -0.4 is 27.0 Å². The van der Waals surface area contributed by atoms with E-state index in [0.717, 1.165) is 0 Å². The molecule has 1 atom stereocenters. The molecule has 0 aliphatic heterocycles. The maximum Gasteiger partial charge on any atom is 0.312 e. The Bertz CT molecular complexity index is 1240. The van der Waals surface area contributed by atoms with Gasteiger partial charge in [0, 0.05) is 30.2 Å². The first-order valence-corrected chi connectivity index (χ1v) is 18.7. The number of nitrogens with one attached hydrogen (secondary N) is 4. The molecule has 0 aromatic heterocycles. The summed E-state index contributed by atoms with van der Waals surface area (Å²) in [5, 5.41) is 22.9. The second kappa shape index (κ2) is 37.4. The van der Waals surface area contributed by atoms with Crippen LogP contribution in [0.3, 0.4) is 0 Å². The number of anilines is 1. The minimum absolute atomic E-state index is 0.141. The van der Waals surface area contributed by atoms with Crippen molar-refractivity contribution in [2.45, 2.75) is 25.5 Å². The molecule has 324 valence electrons. The summed E-state index contributed by atoms with van der Waals surface area (Å²) in [6.45, 7) is 6.31. The third kappa shape index (κ3) is 32.6. The molecule has 0 unspecified atom stereocenters. The number of urea groups is 1. The van der Waals surface area contributed by atoms with Gasteiger partial charge < -0.3 is 74.7 Å². The monoisotopic (exact) mass is 816 g/mol. The summed E-state index contributed by atoms with van der Waals surface area (Å²) in [7, 11) is 0. The molecule has 0 heterocycles. The number of azide groups is 1. The third-order valence-electron chi connectivity index (χ3n) is 7.06. The van der Waals surface area contributed by atoms with E-state index in [0.29, 0.717) is 123 Å². The number of hydrogen-bond acceptors (Lipinski definition) is 15. The Hall–Kier alpha value is -4.19. The van der Waals surface area contributed by atoms with Crippen molar-refractivity contribution in [1.82, 2.24) is 16.0 Å². The van der Waals surface area contributed by atoms with E-state index in [1.807, 2.05) is 0 Å². The largest absolute Gasteiger partial charge is 0.392 e. The van der Waals surface area contributed by atoms with Gasteiger partial charge in [-0.1, -0.05) is 17.2 Å². The molecule has 1 aromatic rings. The van der Waals surface area contributed by atoms with Crippen molar-refractivity contribution in [3.63, 3.8) is 0 Å². The van der Waals surface area contributed by atoms with Crippen LogP contribution in [-0.4, -0.2) is 173 Å². The van der Waals surface area contributed by atoms with Gasteiger partial charge in [0.2, 0.25) is 17.7 Å². The molecule has 7 N–H and O–H groups in total. The van der Waals surface area contributed by atoms with E-state index in [1.54, 1.807) is 24.3 Å². The molecule has 0 spiro atoms. The van der Waals surface area contributed by atoms with Crippen LogP contribution >= 0.6 is 0 Å². The first kappa shape index (κ1) is 50.8. The van der Waals surface area contributed by atoms with Crippen molar-refractivity contribution in [1.29, 1.82) is 0 Å². The molecule has 0 saturated carbocycles. The van der Waals surface area contributed by atoms with Crippen molar-refractivity contribution in [2.75, 3.05) is 144 Å². The normalized spacial score (nSPS) is 11.4. The number of carbonyl (C=O) groups excluding carboxylic acids is 4. The van der Waals surface area contributed by atoms with Crippen LogP contribution in [-0.2, 0) is 63.6 Å². The molecule has 5 amide bonds. The number of benzene rings is 1. The summed E-state index contributed by atoms with van der Waals surface area (Å²) in [6, 6.07) is 4.89. The van der Waals surface area contributed by atoms with Crippen molar-refractivity contribution >= 4 is 29.4 Å². The van der Waals surface area contributed by atoms with Crippen LogP contribution in [0.5, 0.6) is 0 Å². The summed E-state index contributed by atoms with van der Waals surface area (Å²) >= 11 is 0. The number of rotatable bonds is 39. The van der Waals surface area contributed by atoms with Gasteiger partial charge in [0.25, 0.3) is 0 Å². The van der Waals surface area contributed by atoms with Crippen LogP contribution in [0.4, 0.5) is 10.5 Å². The number of primary amides is 1. The first-order chi connectivity index (χ1) is 27.8. The lowest BCUT2D eigenvalue weighted by Gasteiger charge is -2.19. The smallest absolute Gasteiger partial charge is 0.312 e. The summed E-state index contributed by atoms with van der Waals surface area (Å²) in [4.78, 5) is 51.0. The van der Waals surface area contributed by atoms with Crippen molar-refractivity contribution < 1.29 is 66.9 Å². The highest BCUT2D eigenvalue weighted by atomic mass is 16.6. The average molecular weight is 817 g/mol. The van der Waals surface area contributed by atoms with Crippen molar-refractivity contribution in [2.24, 2.45) is 10.8 Å². The Balaban J connectivity index is 1.95. The SMILES string of the molecule is [N-]=[N+]=NCCOCCOCCOCCOCCOCCOCCOCCOCCNC(=O)COCC(=O)N[C@@H](CCCNC(N)=O)C(=O)Nc1ccc(CO)cc1. The molecule has 1 rings (SSSR count). The quantitative estimate of drug-likeness (QED) is 0.0214. The Kier molecular flexibility index (Phi) is 33.3. The van der Waals surface area contributed by atoms with Crippen LogP contribution in [0.1, 0.15) is 18.4 Å². The maximum absolute atomic E-state index is 12.9. The standard InChI is InChI=1S/C35H60N8O14/c36-35(48)39-7-1-2-31(34(47)41-30-5-3-29(26-44)4-6-30)42-33(46)28-57-27-32(45)38-8-10-49-12-14-51-16-18-53-20-22-55-24-25-56-23-21-54-19-17-52-15-13-50-11-9-40-43-37/h3-6,31,44H,1-2,7-28H2,(H,38,45)(H,41,47)(H,42,46)(H3,36,39,48)/t31-/m0/s1. The van der Waals surface area contributed by atoms with Crippen LogP contribution in [0.25, 0.3) is 10.4 Å². The molecule has 0 radical (unpaired) electrons. The predicted molar refractivity (Wildman–Crippen MR) is 204 cm³/mol. The van der Waals surface area contributed by atoms with E-state index < -0.39 is 36.4 Å². The lowest BCUT2D eigenvalue weighted by molar-refractivity contribution is -0.133. The highest BCUT2D eigenvalue weighted by molar-refractivity contribution is 5.97. The van der Waals surface area contributed by atoms with E-state index in [2.05, 4.69) is 31.3 Å². The number of ether oxygens (including phenoxy) is 9. The summed E-state index contributed by atoms with van der Waals surface area (Å²) in [5.74, 6) is -1.54. The van der Waals surface area contributed by atoms with E-state index in [4.69, 9.17) is 53.9 Å². The first-order valence-electron chi connectivity index (χ1n) is 18.7. The van der Waals surface area contributed by atoms with E-state index in [9.17, 15) is 24.3 Å². The van der Waals surface area contributed by atoms with Crippen molar-refractivity contribution in [3.8, 4) is 0 Å². The van der Waals surface area contributed by atoms with E-state index >= 15 is 0 Å². The Morgan fingerprint density at radius 2 is 1.12 bits per heavy atom. The van der Waals surface area contributed by atoms with Gasteiger partial charge in [-0.2, -0.15) is 0 Å². The third-order valence-corrected chi connectivity index (χ3v) is 7.06. The predicted octanol–water partition coefficient (Wildman–Crippen LogP) is -0.373. The molecule has 22 heteroatoms. The van der Waals surface area contributed by atoms with Crippen LogP contribution in [0.2, 0.25) is 0 Å². The van der Waals surface area contributed by atoms with Crippen LogP contribution in [0, 0.1) is 0 Å². The van der Waals surface area contributed by atoms with Gasteiger partial charge in [0.15, 0.2) is 0 Å². The molecular weight excluding hydrogens is 756 g/mol. The van der Waals surface area contributed by atoms with Gasteiger partial charge in [0.1, 0.15) is 19.3 Å². The Labute approximate surface area is 332 Å². The minimum atomic E-state index is -0.953. The number of nitrogens with zero attached hydrogens (tertiary/aromatic N) is 3. The zero-order valence-electron chi connectivity index (χ0n) is 32.5. The number of carbonyl (C=O) groups is 4. The molecule has 0 aliphatic rings. The summed E-state index contributed by atoms with van der Waals surface area (Å²) in [6.07, 6.45) is 0.547. The van der Waals surface area contributed by atoms with Crippen molar-refractivity contribution in [3.05, 3.63) is 40.3 Å². The highest BCUT2D eigenvalue weighted by Crippen LogP contribution is 2.11. The van der Waals surface area contributed by atoms with Gasteiger partial charge in [-0.15, -0.1) is 0 Å². The fourth-order valence-corrected chi connectivity index (χ4v) is 4.29. The molecule has 1 aromatic carbocycles. The maximum atomic E-state index is 12.9. The molecule has 22 nitrogen and oxygen atoms in total. The lowest BCUT2D eigenvalue weighted by Crippen LogP contribution is -2.46. The molecule has 0 bridgehead atoms. The van der Waals surface area contributed by atoms with Gasteiger partial charge in [-0.05, 0) is 36.1 Å². The number of nitrogens with two attached hydrogens (primary N) is 1. The lowest BCUT2D eigenvalue weighted by atomic mass is 10.1. The summed E-state index contributed by atoms with van der Waals surface area (Å²) in [5.41, 5.74) is 14.4. The molecule has 0 fully saturated rings. The second-order valence-electron chi connectivity index (χ2n) is 11.6. The fraction of sp³-hybridized carbons (Fsp3) is 0.714. The zero-order chi connectivity index (χ0) is 41.4. The molecule has 57 heavy (non-hydrogen) atoms. The zero-order valence-corrected chi connectivity index (χ0v) is 32.5. The van der Waals surface area contributed by atoms with Gasteiger partial charge in [-0.25, -0.2) is 4.79 Å². The minimum Gasteiger partial charge on any atom is -0.392 e. The van der Waals surface area contributed by atoms with Gasteiger partial charge >= 0.3 is 6.03 Å². The molecule has 0 aliphatic carbocycles. The van der Waals surface area contributed by atoms with E-state index in [1.165, 1.54) is 0 Å².